The first-order valence-corrected chi connectivity index (χ1v) is 7.91. The lowest BCUT2D eigenvalue weighted by atomic mass is 10.3. The summed E-state index contributed by atoms with van der Waals surface area (Å²) < 4.78 is 10.4. The molecule has 0 radical (unpaired) electrons. The van der Waals surface area contributed by atoms with E-state index in [2.05, 4.69) is 15.0 Å². The zero-order valence-electron chi connectivity index (χ0n) is 12.1. The van der Waals surface area contributed by atoms with Crippen LogP contribution in [0.2, 0.25) is 5.02 Å². The Bertz CT molecular complexity index is 807. The molecule has 0 aliphatic carbocycles. The number of fused-ring (bicyclic) bond motifs is 1. The summed E-state index contributed by atoms with van der Waals surface area (Å²) in [5, 5.41) is 1.35. The number of benzene rings is 1. The minimum absolute atomic E-state index is 0.537. The third kappa shape index (κ3) is 2.98. The third-order valence-electron chi connectivity index (χ3n) is 3.16. The van der Waals surface area contributed by atoms with Crippen molar-refractivity contribution in [2.45, 2.75) is 10.9 Å². The van der Waals surface area contributed by atoms with Crippen molar-refractivity contribution >= 4 is 34.4 Å². The van der Waals surface area contributed by atoms with Crippen molar-refractivity contribution in [2.24, 2.45) is 0 Å². The number of rotatable bonds is 5. The highest BCUT2D eigenvalue weighted by Gasteiger charge is 2.10. The number of methoxy groups -OCH3 is 2. The van der Waals surface area contributed by atoms with E-state index in [-0.39, 0.29) is 0 Å². The molecule has 0 unspecified atom stereocenters. The minimum Gasteiger partial charge on any atom is -0.497 e. The van der Waals surface area contributed by atoms with Gasteiger partial charge in [-0.1, -0.05) is 23.4 Å². The number of hydrogen-bond donors (Lipinski definition) is 1. The lowest BCUT2D eigenvalue weighted by Gasteiger charge is -2.06. The van der Waals surface area contributed by atoms with Gasteiger partial charge in [-0.3, -0.25) is 4.98 Å². The minimum atomic E-state index is 0.537. The summed E-state index contributed by atoms with van der Waals surface area (Å²) >= 11 is 7.78. The maximum absolute atomic E-state index is 6.25. The first kappa shape index (κ1) is 15.0. The van der Waals surface area contributed by atoms with Crippen LogP contribution in [0.3, 0.4) is 0 Å². The Morgan fingerprint density at radius 2 is 2.09 bits per heavy atom. The molecule has 1 N–H and O–H groups in total. The molecule has 7 heteroatoms. The Hall–Kier alpha value is -1.92. The van der Waals surface area contributed by atoms with Gasteiger partial charge in [0.25, 0.3) is 0 Å². The molecule has 114 valence electrons. The Morgan fingerprint density at radius 3 is 2.86 bits per heavy atom. The summed E-state index contributed by atoms with van der Waals surface area (Å²) in [6.45, 7) is 0. The zero-order valence-corrected chi connectivity index (χ0v) is 13.7. The molecule has 0 spiro atoms. The van der Waals surface area contributed by atoms with E-state index in [1.54, 1.807) is 26.5 Å². The van der Waals surface area contributed by atoms with E-state index in [0.29, 0.717) is 16.5 Å². The molecule has 0 atom stereocenters. The average Bonchev–Trinajstić information content (AvgIpc) is 2.95. The number of nitrogens with one attached hydrogen (secondary N) is 1. The van der Waals surface area contributed by atoms with Crippen LogP contribution >= 0.6 is 23.4 Å². The predicted molar refractivity (Wildman–Crippen MR) is 88.0 cm³/mol. The number of thioether (sulfide) groups is 1. The van der Waals surface area contributed by atoms with Gasteiger partial charge in [-0.15, -0.1) is 0 Å². The van der Waals surface area contributed by atoms with Gasteiger partial charge >= 0.3 is 0 Å². The van der Waals surface area contributed by atoms with Gasteiger partial charge in [0.1, 0.15) is 16.5 Å². The first-order chi connectivity index (χ1) is 10.7. The fraction of sp³-hybridized carbons (Fsp3) is 0.200. The number of hydrogen-bond acceptors (Lipinski definition) is 5. The highest BCUT2D eigenvalue weighted by atomic mass is 35.5. The van der Waals surface area contributed by atoms with Crippen LogP contribution < -0.4 is 9.47 Å². The molecule has 0 amide bonds. The molecule has 2 heterocycles. The number of halogens is 1. The maximum Gasteiger partial charge on any atom is 0.166 e. The Balaban J connectivity index is 1.79. The summed E-state index contributed by atoms with van der Waals surface area (Å²) in [5.74, 6) is 2.02. The van der Waals surface area contributed by atoms with Gasteiger partial charge in [-0.05, 0) is 12.1 Å². The van der Waals surface area contributed by atoms with Crippen LogP contribution in [0.15, 0.2) is 35.6 Å². The van der Waals surface area contributed by atoms with E-state index >= 15 is 0 Å². The van der Waals surface area contributed by atoms with Crippen molar-refractivity contribution in [3.8, 4) is 11.5 Å². The van der Waals surface area contributed by atoms with Gasteiger partial charge in [0.15, 0.2) is 5.16 Å². The second-order valence-corrected chi connectivity index (χ2v) is 5.83. The Labute approximate surface area is 137 Å². The van der Waals surface area contributed by atoms with Gasteiger partial charge < -0.3 is 14.5 Å². The second-order valence-electron chi connectivity index (χ2n) is 4.49. The number of H-pyrrole nitrogens is 1. The van der Waals surface area contributed by atoms with Crippen LogP contribution in [0.5, 0.6) is 11.5 Å². The monoisotopic (exact) mass is 335 g/mol. The number of ether oxygens (including phenoxy) is 2. The van der Waals surface area contributed by atoms with Crippen LogP contribution in [0.25, 0.3) is 11.0 Å². The van der Waals surface area contributed by atoms with Gasteiger partial charge in [0.2, 0.25) is 0 Å². The van der Waals surface area contributed by atoms with E-state index in [0.717, 1.165) is 27.6 Å². The van der Waals surface area contributed by atoms with Gasteiger partial charge in [0.05, 0.1) is 30.9 Å². The highest BCUT2D eigenvalue weighted by molar-refractivity contribution is 7.98. The Kier molecular flexibility index (Phi) is 4.40. The molecule has 0 saturated heterocycles. The lowest BCUT2D eigenvalue weighted by molar-refractivity contribution is 0.414. The van der Waals surface area contributed by atoms with Crippen molar-refractivity contribution in [1.29, 1.82) is 0 Å². The smallest absolute Gasteiger partial charge is 0.166 e. The Morgan fingerprint density at radius 1 is 1.23 bits per heavy atom. The summed E-state index contributed by atoms with van der Waals surface area (Å²) in [4.78, 5) is 12.1. The van der Waals surface area contributed by atoms with Crippen molar-refractivity contribution < 1.29 is 9.47 Å². The van der Waals surface area contributed by atoms with Crippen molar-refractivity contribution in [2.75, 3.05) is 14.2 Å². The second kappa shape index (κ2) is 6.46. The molecular formula is C15H14ClN3O2S. The van der Waals surface area contributed by atoms with Gasteiger partial charge in [-0.2, -0.15) is 0 Å². The largest absolute Gasteiger partial charge is 0.497 e. The predicted octanol–water partition coefficient (Wildman–Crippen LogP) is 3.92. The molecule has 3 aromatic rings. The highest BCUT2D eigenvalue weighted by Crippen LogP contribution is 2.31. The van der Waals surface area contributed by atoms with Gasteiger partial charge in [-0.25, -0.2) is 4.98 Å². The fourth-order valence-electron chi connectivity index (χ4n) is 2.02. The van der Waals surface area contributed by atoms with E-state index in [1.165, 1.54) is 11.8 Å². The number of aromatic nitrogens is 3. The zero-order chi connectivity index (χ0) is 15.5. The summed E-state index contributed by atoms with van der Waals surface area (Å²) in [6, 6.07) is 7.48. The van der Waals surface area contributed by atoms with E-state index < -0.39 is 0 Å². The van der Waals surface area contributed by atoms with Crippen LogP contribution in [0.4, 0.5) is 0 Å². The molecule has 2 aromatic heterocycles. The van der Waals surface area contributed by atoms with Crippen molar-refractivity contribution in [3.63, 3.8) is 0 Å². The quantitative estimate of drug-likeness (QED) is 0.716. The number of imidazole rings is 1. The average molecular weight is 336 g/mol. The van der Waals surface area contributed by atoms with Crippen LogP contribution in [0, 0.1) is 0 Å². The lowest BCUT2D eigenvalue weighted by Crippen LogP contribution is -1.92. The summed E-state index contributed by atoms with van der Waals surface area (Å²) in [7, 11) is 3.23. The number of pyridine rings is 1. The molecule has 0 bridgehead atoms. The van der Waals surface area contributed by atoms with E-state index in [9.17, 15) is 0 Å². The topological polar surface area (TPSA) is 60.0 Å². The van der Waals surface area contributed by atoms with Crippen LogP contribution in [-0.4, -0.2) is 29.2 Å². The van der Waals surface area contributed by atoms with E-state index in [4.69, 9.17) is 21.1 Å². The van der Waals surface area contributed by atoms with Gasteiger partial charge in [0, 0.05) is 24.1 Å². The normalized spacial score (nSPS) is 10.9. The molecule has 1 aromatic carbocycles. The molecule has 0 aliphatic heterocycles. The molecule has 22 heavy (non-hydrogen) atoms. The SMILES string of the molecule is COc1ccc2[nH]c(SCc3nccc(OC)c3Cl)nc2c1. The van der Waals surface area contributed by atoms with Crippen molar-refractivity contribution in [3.05, 3.63) is 41.2 Å². The van der Waals surface area contributed by atoms with Crippen molar-refractivity contribution in [1.82, 2.24) is 15.0 Å². The molecule has 0 aliphatic rings. The number of aromatic amines is 1. The molecule has 0 fully saturated rings. The van der Waals surface area contributed by atoms with Crippen LogP contribution in [0.1, 0.15) is 5.69 Å². The fourth-order valence-corrected chi connectivity index (χ4v) is 3.19. The first-order valence-electron chi connectivity index (χ1n) is 6.55. The summed E-state index contributed by atoms with van der Waals surface area (Å²) in [6.07, 6.45) is 1.68. The third-order valence-corrected chi connectivity index (χ3v) is 4.45. The number of nitrogens with zero attached hydrogens (tertiary/aromatic N) is 2. The maximum atomic E-state index is 6.25. The molecular weight excluding hydrogens is 322 g/mol. The van der Waals surface area contributed by atoms with Crippen LogP contribution in [-0.2, 0) is 5.75 Å². The van der Waals surface area contributed by atoms with E-state index in [1.807, 2.05) is 18.2 Å². The standard InChI is InChI=1S/C15H14ClN3O2S/c1-20-9-3-4-10-11(7-9)19-15(18-10)22-8-12-14(16)13(21-2)5-6-17-12/h3-7H,8H2,1-2H3,(H,18,19). The molecule has 3 rings (SSSR count). The molecule has 5 nitrogen and oxygen atoms in total. The molecule has 0 saturated carbocycles. The summed E-state index contributed by atoms with van der Waals surface area (Å²) in [5.41, 5.74) is 2.60.